The third kappa shape index (κ3) is 9.75. The van der Waals surface area contributed by atoms with E-state index < -0.39 is 0 Å². The summed E-state index contributed by atoms with van der Waals surface area (Å²) in [6, 6.07) is 15.5. The molecule has 0 heterocycles. The van der Waals surface area contributed by atoms with Crippen molar-refractivity contribution < 1.29 is 33.4 Å². The highest BCUT2D eigenvalue weighted by Gasteiger charge is 2.35. The molecule has 0 aliphatic carbocycles. The van der Waals surface area contributed by atoms with Crippen molar-refractivity contribution >= 4 is 56.5 Å². The van der Waals surface area contributed by atoms with E-state index in [9.17, 15) is 19.2 Å². The zero-order valence-corrected chi connectivity index (χ0v) is 28.9. The second-order valence-electron chi connectivity index (χ2n) is 14.9. The first-order chi connectivity index (χ1) is 22.3. The van der Waals surface area contributed by atoms with Gasteiger partial charge in [0.25, 0.3) is 0 Å². The molecule has 252 valence electrons. The number of esters is 3. The Morgan fingerprint density at radius 2 is 1.21 bits per heavy atom. The van der Waals surface area contributed by atoms with Gasteiger partial charge >= 0.3 is 17.9 Å². The van der Waals surface area contributed by atoms with E-state index in [0.29, 0.717) is 50.2 Å². The number of rotatable bonds is 16. The van der Waals surface area contributed by atoms with Gasteiger partial charge in [0.2, 0.25) is 0 Å². The van der Waals surface area contributed by atoms with Gasteiger partial charge in [-0.05, 0) is 89.5 Å². The molecule has 0 saturated heterocycles. The minimum atomic E-state index is -0.306. The van der Waals surface area contributed by atoms with Crippen LogP contribution in [0.3, 0.4) is 0 Å². The summed E-state index contributed by atoms with van der Waals surface area (Å²) in [6.07, 6.45) is 6.50. The average Bonchev–Trinajstić information content (AvgIpc) is 3.01. The quantitative estimate of drug-likeness (QED) is 0.0395. The van der Waals surface area contributed by atoms with Crippen molar-refractivity contribution in [3.63, 3.8) is 0 Å². The average molecular weight is 643 g/mol. The molecule has 4 rings (SSSR count). The number of unbranched alkanes of at least 4 members (excludes halogenated alkanes) is 4. The normalized spacial score (nSPS) is 12.8. The maximum atomic E-state index is 12.7. The van der Waals surface area contributed by atoms with E-state index >= 15 is 0 Å². The van der Waals surface area contributed by atoms with Crippen LogP contribution in [0.15, 0.2) is 48.5 Å². The van der Waals surface area contributed by atoms with Gasteiger partial charge in [0.05, 0.1) is 19.1 Å². The number of benzene rings is 4. The first-order valence-electron chi connectivity index (χ1n) is 17.0. The van der Waals surface area contributed by atoms with Gasteiger partial charge in [0.1, 0.15) is 5.75 Å². The Bertz CT molecular complexity index is 1690. The predicted molar refractivity (Wildman–Crippen MR) is 187 cm³/mol. The molecule has 4 aromatic rings. The molecule has 0 fully saturated rings. The molecule has 0 saturated carbocycles. The van der Waals surface area contributed by atoms with E-state index in [4.69, 9.17) is 14.2 Å². The topological polar surface area (TPSA) is 96.0 Å². The molecule has 47 heavy (non-hydrogen) atoms. The van der Waals surface area contributed by atoms with Gasteiger partial charge < -0.3 is 14.2 Å². The molecule has 7 nitrogen and oxygen atoms in total. The molecule has 0 aliphatic rings. The lowest BCUT2D eigenvalue weighted by atomic mass is 9.72. The summed E-state index contributed by atoms with van der Waals surface area (Å²) in [7, 11) is 0. The number of carbonyl (C=O) groups excluding carboxylic acids is 4. The van der Waals surface area contributed by atoms with Gasteiger partial charge in [0.15, 0.2) is 6.29 Å². The minimum absolute atomic E-state index is 0.0434. The smallest absolute Gasteiger partial charge is 0.311 e. The Labute approximate surface area is 278 Å². The number of aldehydes is 1. The summed E-state index contributed by atoms with van der Waals surface area (Å²) in [4.78, 5) is 49.2. The molecule has 0 spiro atoms. The second-order valence-corrected chi connectivity index (χ2v) is 14.9. The van der Waals surface area contributed by atoms with Gasteiger partial charge in [-0.2, -0.15) is 0 Å². The Hall–Kier alpha value is -4.00. The van der Waals surface area contributed by atoms with Crippen LogP contribution in [0.2, 0.25) is 0 Å². The molecule has 4 aromatic carbocycles. The molecular formula is C40H50O7. The highest BCUT2D eigenvalue weighted by Crippen LogP contribution is 2.40. The highest BCUT2D eigenvalue weighted by atomic mass is 16.5. The van der Waals surface area contributed by atoms with Gasteiger partial charge in [-0.25, -0.2) is 0 Å². The van der Waals surface area contributed by atoms with E-state index in [1.165, 1.54) is 0 Å². The predicted octanol–water partition coefficient (Wildman–Crippen LogP) is 9.61. The summed E-state index contributed by atoms with van der Waals surface area (Å²) in [5.41, 5.74) is 0.520. The fourth-order valence-corrected chi connectivity index (χ4v) is 6.15. The second kappa shape index (κ2) is 15.7. The van der Waals surface area contributed by atoms with Crippen molar-refractivity contribution in [2.24, 2.45) is 16.7 Å². The Morgan fingerprint density at radius 3 is 1.83 bits per heavy atom. The van der Waals surface area contributed by atoms with E-state index in [-0.39, 0.29) is 41.1 Å². The van der Waals surface area contributed by atoms with Crippen LogP contribution in [-0.2, 0) is 23.9 Å². The van der Waals surface area contributed by atoms with E-state index in [0.717, 1.165) is 64.3 Å². The first kappa shape index (κ1) is 35.8. The van der Waals surface area contributed by atoms with Crippen molar-refractivity contribution in [2.75, 3.05) is 13.2 Å². The summed E-state index contributed by atoms with van der Waals surface area (Å²) >= 11 is 0. The highest BCUT2D eigenvalue weighted by molar-refractivity contribution is 6.26. The van der Waals surface area contributed by atoms with Crippen molar-refractivity contribution in [3.8, 4) is 5.75 Å². The summed E-state index contributed by atoms with van der Waals surface area (Å²) < 4.78 is 16.7. The SMILES string of the molecule is CC(C)(C)CC(C(=O)OCCCCCC(=O)OCCCCCC(=O)Oc1ccc2ccc3c(C=O)ccc4ccc1c2c43)C(C)(C)C. The zero-order chi connectivity index (χ0) is 34.2. The Morgan fingerprint density at radius 1 is 0.660 bits per heavy atom. The molecule has 7 heteroatoms. The fraction of sp³-hybridized carbons (Fsp3) is 0.500. The number of hydrogen-bond acceptors (Lipinski definition) is 7. The van der Waals surface area contributed by atoms with E-state index in [1.54, 1.807) is 0 Å². The fourth-order valence-electron chi connectivity index (χ4n) is 6.15. The third-order valence-electron chi connectivity index (χ3n) is 8.71. The molecule has 0 N–H and O–H groups in total. The first-order valence-corrected chi connectivity index (χ1v) is 17.0. The molecule has 1 unspecified atom stereocenters. The van der Waals surface area contributed by atoms with Crippen LogP contribution in [0, 0.1) is 16.7 Å². The Kier molecular flexibility index (Phi) is 12.0. The minimum Gasteiger partial charge on any atom is -0.466 e. The van der Waals surface area contributed by atoms with Crippen molar-refractivity contribution in [2.45, 2.75) is 99.3 Å². The lowest BCUT2D eigenvalue weighted by Crippen LogP contribution is -2.33. The van der Waals surface area contributed by atoms with Crippen LogP contribution in [0.4, 0.5) is 0 Å². The molecule has 1 atom stereocenters. The monoisotopic (exact) mass is 642 g/mol. The standard InChI is InChI=1S/C40H50O7/c1-39(2,3)25-32(40(4,5)6)38(44)46-24-12-7-9-13-34(42)45-23-11-8-10-14-35(43)47-33-22-19-28-17-20-30-29(26-41)16-15-27-18-21-31(33)37(28)36(27)30/h15-22,26,32H,7-14,23-25H2,1-6H3. The van der Waals surface area contributed by atoms with Gasteiger partial charge in [-0.15, -0.1) is 0 Å². The Balaban J connectivity index is 1.11. The van der Waals surface area contributed by atoms with Crippen LogP contribution in [0.25, 0.3) is 32.3 Å². The van der Waals surface area contributed by atoms with Crippen LogP contribution in [-0.4, -0.2) is 37.4 Å². The van der Waals surface area contributed by atoms with Crippen LogP contribution >= 0.6 is 0 Å². The number of hydrogen-bond donors (Lipinski definition) is 0. The zero-order valence-electron chi connectivity index (χ0n) is 28.9. The molecular weight excluding hydrogens is 592 g/mol. The van der Waals surface area contributed by atoms with Crippen molar-refractivity contribution in [3.05, 3.63) is 54.1 Å². The van der Waals surface area contributed by atoms with Gasteiger partial charge in [-0.3, -0.25) is 19.2 Å². The maximum Gasteiger partial charge on any atom is 0.311 e. The van der Waals surface area contributed by atoms with Crippen LogP contribution in [0.1, 0.15) is 110 Å². The number of carbonyl (C=O) groups is 4. The third-order valence-corrected chi connectivity index (χ3v) is 8.71. The summed E-state index contributed by atoms with van der Waals surface area (Å²) in [5.74, 6) is -0.312. The molecule has 0 bridgehead atoms. The summed E-state index contributed by atoms with van der Waals surface area (Å²) in [6.45, 7) is 13.3. The van der Waals surface area contributed by atoms with Crippen LogP contribution < -0.4 is 4.74 Å². The van der Waals surface area contributed by atoms with Crippen molar-refractivity contribution in [1.82, 2.24) is 0 Å². The van der Waals surface area contributed by atoms with Crippen molar-refractivity contribution in [1.29, 1.82) is 0 Å². The molecule has 0 aliphatic heterocycles. The van der Waals surface area contributed by atoms with E-state index in [2.05, 4.69) is 41.5 Å². The molecule has 0 radical (unpaired) electrons. The number of ether oxygens (including phenoxy) is 3. The lowest BCUT2D eigenvalue weighted by Gasteiger charge is -2.33. The van der Waals surface area contributed by atoms with E-state index in [1.807, 2.05) is 48.5 Å². The molecule has 0 aromatic heterocycles. The molecule has 0 amide bonds. The van der Waals surface area contributed by atoms with Gasteiger partial charge in [0, 0.05) is 29.2 Å². The summed E-state index contributed by atoms with van der Waals surface area (Å²) in [5, 5.41) is 5.78. The largest absolute Gasteiger partial charge is 0.466 e. The van der Waals surface area contributed by atoms with Gasteiger partial charge in [-0.1, -0.05) is 77.9 Å². The maximum absolute atomic E-state index is 12.7. The van der Waals surface area contributed by atoms with Crippen LogP contribution in [0.5, 0.6) is 5.75 Å². The lowest BCUT2D eigenvalue weighted by molar-refractivity contribution is -0.154.